The Kier molecular flexibility index (Phi) is 3.89. The predicted octanol–water partition coefficient (Wildman–Crippen LogP) is 3.96. The summed E-state index contributed by atoms with van der Waals surface area (Å²) in [6.07, 6.45) is 2.17. The van der Waals surface area contributed by atoms with Gasteiger partial charge in [-0.3, -0.25) is 0 Å². The molecule has 0 saturated heterocycles. The minimum Gasteiger partial charge on any atom is -0.343 e. The van der Waals surface area contributed by atoms with Crippen molar-refractivity contribution < 1.29 is 0 Å². The zero-order chi connectivity index (χ0) is 12.4. The van der Waals surface area contributed by atoms with Gasteiger partial charge in [0.25, 0.3) is 0 Å². The van der Waals surface area contributed by atoms with Gasteiger partial charge in [-0.25, -0.2) is 0 Å². The van der Waals surface area contributed by atoms with Crippen LogP contribution in [0.4, 0.5) is 0 Å². The number of nitrogens with zero attached hydrogens (tertiary/aromatic N) is 1. The summed E-state index contributed by atoms with van der Waals surface area (Å²) in [7, 11) is 0. The summed E-state index contributed by atoms with van der Waals surface area (Å²) >= 11 is 3.53. The van der Waals surface area contributed by atoms with Gasteiger partial charge in [0.1, 0.15) is 0 Å². The van der Waals surface area contributed by atoms with E-state index >= 15 is 0 Å². The number of hydrogen-bond acceptors (Lipinski definition) is 1. The molecule has 0 aliphatic heterocycles. The lowest BCUT2D eigenvalue weighted by atomic mass is 10.2. The summed E-state index contributed by atoms with van der Waals surface area (Å²) in [4.78, 5) is 0. The first kappa shape index (κ1) is 12.7. The van der Waals surface area contributed by atoms with Crippen molar-refractivity contribution in [3.63, 3.8) is 0 Å². The normalized spacial score (nSPS) is 13.5. The molecule has 0 bridgehead atoms. The van der Waals surface area contributed by atoms with Gasteiger partial charge in [0, 0.05) is 34.8 Å². The molecule has 1 aromatic heterocycles. The third-order valence-electron chi connectivity index (χ3n) is 2.98. The van der Waals surface area contributed by atoms with Crippen LogP contribution in [0.25, 0.3) is 10.9 Å². The summed E-state index contributed by atoms with van der Waals surface area (Å²) < 4.78 is 3.46. The maximum atomic E-state index is 3.53. The Balaban J connectivity index is 2.25. The average molecular weight is 295 g/mol. The molecule has 1 atom stereocenters. The minimum absolute atomic E-state index is 0.462. The molecule has 0 aliphatic rings. The lowest BCUT2D eigenvalue weighted by Gasteiger charge is -2.18. The molecule has 1 heterocycles. The molecule has 3 heteroatoms. The molecule has 2 rings (SSSR count). The highest BCUT2D eigenvalue weighted by Crippen LogP contribution is 2.23. The molecule has 0 fully saturated rings. The zero-order valence-electron chi connectivity index (χ0n) is 10.6. The van der Waals surface area contributed by atoms with E-state index in [0.29, 0.717) is 12.1 Å². The van der Waals surface area contributed by atoms with Gasteiger partial charge in [-0.2, -0.15) is 0 Å². The lowest BCUT2D eigenvalue weighted by molar-refractivity contribution is 0.473. The SMILES string of the molecule is CC(C)NCC(C)n1ccc2ccc(Br)cc21. The predicted molar refractivity (Wildman–Crippen MR) is 77.5 cm³/mol. The van der Waals surface area contributed by atoms with Crippen LogP contribution in [-0.2, 0) is 0 Å². The molecule has 92 valence electrons. The third kappa shape index (κ3) is 2.90. The fourth-order valence-corrected chi connectivity index (χ4v) is 2.36. The van der Waals surface area contributed by atoms with Crippen molar-refractivity contribution in [1.82, 2.24) is 9.88 Å². The van der Waals surface area contributed by atoms with E-state index in [9.17, 15) is 0 Å². The van der Waals surface area contributed by atoms with E-state index in [0.717, 1.165) is 11.0 Å². The molecule has 0 spiro atoms. The highest BCUT2D eigenvalue weighted by molar-refractivity contribution is 9.10. The second-order valence-corrected chi connectivity index (χ2v) is 5.75. The van der Waals surface area contributed by atoms with E-state index in [2.05, 4.69) is 77.0 Å². The second kappa shape index (κ2) is 5.23. The molecule has 0 amide bonds. The molecule has 1 aromatic carbocycles. The number of benzene rings is 1. The van der Waals surface area contributed by atoms with Crippen LogP contribution in [-0.4, -0.2) is 17.2 Å². The molecule has 1 unspecified atom stereocenters. The third-order valence-corrected chi connectivity index (χ3v) is 3.47. The first-order chi connectivity index (χ1) is 8.08. The summed E-state index contributed by atoms with van der Waals surface area (Å²) in [5.41, 5.74) is 1.29. The van der Waals surface area contributed by atoms with Crippen molar-refractivity contribution in [3.8, 4) is 0 Å². The van der Waals surface area contributed by atoms with Gasteiger partial charge in [0.05, 0.1) is 0 Å². The summed E-state index contributed by atoms with van der Waals surface area (Å²) in [5.74, 6) is 0. The Hall–Kier alpha value is -0.800. The van der Waals surface area contributed by atoms with Gasteiger partial charge in [-0.1, -0.05) is 35.8 Å². The van der Waals surface area contributed by atoms with Gasteiger partial charge in [-0.15, -0.1) is 0 Å². The molecule has 17 heavy (non-hydrogen) atoms. The monoisotopic (exact) mass is 294 g/mol. The van der Waals surface area contributed by atoms with Crippen LogP contribution in [0.1, 0.15) is 26.8 Å². The fraction of sp³-hybridized carbons (Fsp3) is 0.429. The van der Waals surface area contributed by atoms with Crippen molar-refractivity contribution in [2.45, 2.75) is 32.9 Å². The van der Waals surface area contributed by atoms with Crippen LogP contribution in [0.2, 0.25) is 0 Å². The van der Waals surface area contributed by atoms with E-state index in [1.165, 1.54) is 10.9 Å². The fourth-order valence-electron chi connectivity index (χ4n) is 2.01. The zero-order valence-corrected chi connectivity index (χ0v) is 12.2. The molecule has 1 N–H and O–H groups in total. The van der Waals surface area contributed by atoms with Gasteiger partial charge in [0.2, 0.25) is 0 Å². The smallest absolute Gasteiger partial charge is 0.0494 e. The Morgan fingerprint density at radius 2 is 2.00 bits per heavy atom. The van der Waals surface area contributed by atoms with Crippen molar-refractivity contribution in [3.05, 3.63) is 34.9 Å². The Morgan fingerprint density at radius 1 is 1.24 bits per heavy atom. The van der Waals surface area contributed by atoms with E-state index in [-0.39, 0.29) is 0 Å². The number of halogens is 1. The van der Waals surface area contributed by atoms with Crippen molar-refractivity contribution >= 4 is 26.8 Å². The minimum atomic E-state index is 0.462. The number of fused-ring (bicyclic) bond motifs is 1. The first-order valence-corrected chi connectivity index (χ1v) is 6.86. The molecule has 0 aliphatic carbocycles. The van der Waals surface area contributed by atoms with Crippen LogP contribution in [0.5, 0.6) is 0 Å². The van der Waals surface area contributed by atoms with Crippen LogP contribution >= 0.6 is 15.9 Å². The van der Waals surface area contributed by atoms with Gasteiger partial charge in [-0.05, 0) is 30.5 Å². The average Bonchev–Trinajstić information content (AvgIpc) is 2.68. The van der Waals surface area contributed by atoms with E-state index < -0.39 is 0 Å². The highest BCUT2D eigenvalue weighted by Gasteiger charge is 2.08. The Morgan fingerprint density at radius 3 is 2.71 bits per heavy atom. The second-order valence-electron chi connectivity index (χ2n) is 4.84. The number of nitrogens with one attached hydrogen (secondary N) is 1. The maximum Gasteiger partial charge on any atom is 0.0494 e. The van der Waals surface area contributed by atoms with Crippen molar-refractivity contribution in [1.29, 1.82) is 0 Å². The summed E-state index contributed by atoms with van der Waals surface area (Å²) in [5, 5.41) is 4.78. The van der Waals surface area contributed by atoms with E-state index in [1.54, 1.807) is 0 Å². The molecular weight excluding hydrogens is 276 g/mol. The van der Waals surface area contributed by atoms with Crippen LogP contribution in [0.15, 0.2) is 34.9 Å². The largest absolute Gasteiger partial charge is 0.343 e. The van der Waals surface area contributed by atoms with Crippen molar-refractivity contribution in [2.75, 3.05) is 6.54 Å². The van der Waals surface area contributed by atoms with Gasteiger partial charge < -0.3 is 9.88 Å². The number of rotatable bonds is 4. The summed E-state index contributed by atoms with van der Waals surface area (Å²) in [6, 6.07) is 9.59. The Bertz CT molecular complexity index is 502. The molecular formula is C14H19BrN2. The van der Waals surface area contributed by atoms with E-state index in [1.807, 2.05) is 0 Å². The standard InChI is InChI=1S/C14H19BrN2/c1-10(2)16-9-11(3)17-7-6-12-4-5-13(15)8-14(12)17/h4-8,10-11,16H,9H2,1-3H3. The van der Waals surface area contributed by atoms with Crippen molar-refractivity contribution in [2.24, 2.45) is 0 Å². The van der Waals surface area contributed by atoms with Crippen LogP contribution in [0, 0.1) is 0 Å². The highest BCUT2D eigenvalue weighted by atomic mass is 79.9. The quantitative estimate of drug-likeness (QED) is 0.903. The van der Waals surface area contributed by atoms with Crippen LogP contribution in [0.3, 0.4) is 0 Å². The van der Waals surface area contributed by atoms with Gasteiger partial charge in [0.15, 0.2) is 0 Å². The number of aromatic nitrogens is 1. The molecule has 2 nitrogen and oxygen atoms in total. The summed E-state index contributed by atoms with van der Waals surface area (Å²) in [6.45, 7) is 7.60. The first-order valence-electron chi connectivity index (χ1n) is 6.07. The molecule has 2 aromatic rings. The van der Waals surface area contributed by atoms with Gasteiger partial charge >= 0.3 is 0 Å². The topological polar surface area (TPSA) is 17.0 Å². The molecule has 0 saturated carbocycles. The van der Waals surface area contributed by atoms with E-state index in [4.69, 9.17) is 0 Å². The Labute approximate surface area is 111 Å². The molecule has 0 radical (unpaired) electrons. The lowest BCUT2D eigenvalue weighted by Crippen LogP contribution is -2.28. The van der Waals surface area contributed by atoms with Crippen LogP contribution < -0.4 is 5.32 Å². The maximum absolute atomic E-state index is 3.53. The number of hydrogen-bond donors (Lipinski definition) is 1.